The zero-order valence-electron chi connectivity index (χ0n) is 13.3. The lowest BCUT2D eigenvalue weighted by Crippen LogP contribution is -2.05. The summed E-state index contributed by atoms with van der Waals surface area (Å²) in [7, 11) is 2.05. The first-order valence-corrected chi connectivity index (χ1v) is 9.46. The third-order valence-electron chi connectivity index (χ3n) is 3.86. The van der Waals surface area contributed by atoms with Crippen LogP contribution in [-0.2, 0) is 13.6 Å². The molecule has 4 aromatic rings. The van der Waals surface area contributed by atoms with Crippen LogP contribution >= 0.6 is 23.1 Å². The Balaban J connectivity index is 1.64. The van der Waals surface area contributed by atoms with Crippen molar-refractivity contribution in [1.82, 2.24) is 29.3 Å². The molecule has 0 spiro atoms. The van der Waals surface area contributed by atoms with Gasteiger partial charge in [-0.05, 0) is 24.5 Å². The molecule has 0 aromatic carbocycles. The first-order chi connectivity index (χ1) is 11.8. The second kappa shape index (κ2) is 6.29. The molecule has 122 valence electrons. The molecule has 24 heavy (non-hydrogen) atoms. The van der Waals surface area contributed by atoms with Crippen molar-refractivity contribution in [3.05, 3.63) is 48.7 Å². The molecule has 0 aliphatic carbocycles. The van der Waals surface area contributed by atoms with Gasteiger partial charge in [-0.15, -0.1) is 11.3 Å². The Morgan fingerprint density at radius 2 is 2.04 bits per heavy atom. The molecule has 0 saturated carbocycles. The quantitative estimate of drug-likeness (QED) is 0.556. The van der Waals surface area contributed by atoms with Gasteiger partial charge in [0.25, 0.3) is 0 Å². The molecular weight excluding hydrogens is 340 g/mol. The number of rotatable bonds is 5. The summed E-state index contributed by atoms with van der Waals surface area (Å²) in [6, 6.07) is 6.18. The Bertz CT molecular complexity index is 947. The molecule has 1 N–H and O–H groups in total. The monoisotopic (exact) mass is 356 g/mol. The standard InChI is InChI=1S/C16H16N6S2/c1-21-11(9-18-16(21)23-2)10-22-8-7-17-15(22)14-4-3-13(24-14)12-5-6-19-20-12/h3-9H,10H2,1-2H3,(H,19,20). The molecule has 0 fully saturated rings. The Morgan fingerprint density at radius 3 is 2.79 bits per heavy atom. The van der Waals surface area contributed by atoms with Gasteiger partial charge in [-0.2, -0.15) is 5.10 Å². The number of nitrogens with one attached hydrogen (secondary N) is 1. The number of thiophene rings is 1. The van der Waals surface area contributed by atoms with Gasteiger partial charge >= 0.3 is 0 Å². The van der Waals surface area contributed by atoms with E-state index in [-0.39, 0.29) is 0 Å². The van der Waals surface area contributed by atoms with E-state index in [0.717, 1.165) is 38.7 Å². The highest BCUT2D eigenvalue weighted by molar-refractivity contribution is 7.98. The molecule has 4 aromatic heterocycles. The van der Waals surface area contributed by atoms with Gasteiger partial charge < -0.3 is 9.13 Å². The van der Waals surface area contributed by atoms with Crippen LogP contribution in [0.3, 0.4) is 0 Å². The van der Waals surface area contributed by atoms with Gasteiger partial charge in [0.1, 0.15) is 5.82 Å². The van der Waals surface area contributed by atoms with E-state index in [1.54, 1.807) is 29.3 Å². The molecule has 0 atom stereocenters. The summed E-state index contributed by atoms with van der Waals surface area (Å²) in [5.41, 5.74) is 2.18. The molecule has 0 aliphatic rings. The first-order valence-electron chi connectivity index (χ1n) is 7.42. The second-order valence-corrected chi connectivity index (χ2v) is 7.17. The van der Waals surface area contributed by atoms with E-state index in [4.69, 9.17) is 0 Å². The van der Waals surface area contributed by atoms with Gasteiger partial charge in [0.05, 0.1) is 33.9 Å². The van der Waals surface area contributed by atoms with Crippen molar-refractivity contribution in [1.29, 1.82) is 0 Å². The molecular formula is C16H16N6S2. The molecule has 0 saturated heterocycles. The van der Waals surface area contributed by atoms with Gasteiger partial charge in [-0.25, -0.2) is 9.97 Å². The second-order valence-electron chi connectivity index (χ2n) is 5.31. The van der Waals surface area contributed by atoms with Crippen LogP contribution in [0.2, 0.25) is 0 Å². The first kappa shape index (κ1) is 15.2. The summed E-state index contributed by atoms with van der Waals surface area (Å²) in [6.07, 6.45) is 9.59. The highest BCUT2D eigenvalue weighted by Gasteiger charge is 2.13. The minimum atomic E-state index is 0.747. The lowest BCUT2D eigenvalue weighted by atomic mass is 10.3. The number of hydrogen-bond acceptors (Lipinski definition) is 5. The van der Waals surface area contributed by atoms with Crippen LogP contribution in [0, 0.1) is 0 Å². The highest BCUT2D eigenvalue weighted by atomic mass is 32.2. The maximum atomic E-state index is 4.55. The van der Waals surface area contributed by atoms with Crippen LogP contribution in [-0.4, -0.2) is 35.6 Å². The van der Waals surface area contributed by atoms with Gasteiger partial charge in [0, 0.05) is 25.6 Å². The fourth-order valence-electron chi connectivity index (χ4n) is 2.59. The molecule has 8 heteroatoms. The zero-order chi connectivity index (χ0) is 16.5. The summed E-state index contributed by atoms with van der Waals surface area (Å²) >= 11 is 3.36. The summed E-state index contributed by atoms with van der Waals surface area (Å²) in [5.74, 6) is 0.970. The van der Waals surface area contributed by atoms with Crippen molar-refractivity contribution in [2.24, 2.45) is 7.05 Å². The number of aromatic nitrogens is 6. The minimum absolute atomic E-state index is 0.747. The largest absolute Gasteiger partial charge is 0.324 e. The van der Waals surface area contributed by atoms with E-state index < -0.39 is 0 Å². The zero-order valence-corrected chi connectivity index (χ0v) is 14.9. The molecule has 4 heterocycles. The summed E-state index contributed by atoms with van der Waals surface area (Å²) in [6.45, 7) is 0.747. The maximum Gasteiger partial charge on any atom is 0.167 e. The fourth-order valence-corrected chi connectivity index (χ4v) is 4.14. The van der Waals surface area contributed by atoms with E-state index in [0.29, 0.717) is 0 Å². The molecule has 6 nitrogen and oxygen atoms in total. The van der Waals surface area contributed by atoms with E-state index in [1.165, 1.54) is 0 Å². The van der Waals surface area contributed by atoms with Crippen LogP contribution in [0.5, 0.6) is 0 Å². The predicted molar refractivity (Wildman–Crippen MR) is 97.2 cm³/mol. The number of thioether (sulfide) groups is 1. The third kappa shape index (κ3) is 2.67. The van der Waals surface area contributed by atoms with Gasteiger partial charge in [0.2, 0.25) is 0 Å². The fraction of sp³-hybridized carbons (Fsp3) is 0.188. The van der Waals surface area contributed by atoms with Crippen LogP contribution in [0.15, 0.2) is 48.1 Å². The Hall–Kier alpha value is -2.32. The molecule has 0 aliphatic heterocycles. The van der Waals surface area contributed by atoms with Crippen LogP contribution in [0.1, 0.15) is 5.69 Å². The smallest absolute Gasteiger partial charge is 0.167 e. The Kier molecular flexibility index (Phi) is 3.99. The van der Waals surface area contributed by atoms with Crippen molar-refractivity contribution in [2.45, 2.75) is 11.7 Å². The number of aromatic amines is 1. The third-order valence-corrected chi connectivity index (χ3v) is 5.72. The van der Waals surface area contributed by atoms with Crippen molar-refractivity contribution >= 4 is 23.1 Å². The Morgan fingerprint density at radius 1 is 1.17 bits per heavy atom. The Labute approximate surface area is 147 Å². The van der Waals surface area contributed by atoms with E-state index in [1.807, 2.05) is 38.0 Å². The van der Waals surface area contributed by atoms with Crippen LogP contribution in [0.4, 0.5) is 0 Å². The maximum absolute atomic E-state index is 4.55. The van der Waals surface area contributed by atoms with Gasteiger partial charge in [-0.1, -0.05) is 11.8 Å². The highest BCUT2D eigenvalue weighted by Crippen LogP contribution is 2.32. The lowest BCUT2D eigenvalue weighted by molar-refractivity contribution is 0.690. The number of nitrogens with zero attached hydrogens (tertiary/aromatic N) is 5. The molecule has 4 rings (SSSR count). The van der Waals surface area contributed by atoms with Crippen LogP contribution in [0.25, 0.3) is 21.3 Å². The van der Waals surface area contributed by atoms with Crippen molar-refractivity contribution in [3.63, 3.8) is 0 Å². The molecule has 0 radical (unpaired) electrons. The topological polar surface area (TPSA) is 64.3 Å². The van der Waals surface area contributed by atoms with Crippen LogP contribution < -0.4 is 0 Å². The lowest BCUT2D eigenvalue weighted by Gasteiger charge is -2.08. The summed E-state index contributed by atoms with van der Waals surface area (Å²) < 4.78 is 4.28. The summed E-state index contributed by atoms with van der Waals surface area (Å²) in [5, 5.41) is 8.03. The van der Waals surface area contributed by atoms with Crippen molar-refractivity contribution in [3.8, 4) is 21.3 Å². The van der Waals surface area contributed by atoms with Crippen molar-refractivity contribution in [2.75, 3.05) is 6.26 Å². The predicted octanol–water partition coefficient (Wildman–Crippen LogP) is 3.51. The number of hydrogen-bond donors (Lipinski definition) is 1. The summed E-state index contributed by atoms with van der Waals surface area (Å²) in [4.78, 5) is 11.3. The SMILES string of the molecule is CSc1ncc(Cn2ccnc2-c2ccc(-c3ccn[nH]3)s2)n1C. The average Bonchev–Trinajstić information content (AvgIpc) is 3.35. The van der Waals surface area contributed by atoms with E-state index in [2.05, 4.69) is 41.4 Å². The van der Waals surface area contributed by atoms with Crippen molar-refractivity contribution < 1.29 is 0 Å². The molecule has 0 bridgehead atoms. The van der Waals surface area contributed by atoms with Gasteiger partial charge in [-0.3, -0.25) is 5.10 Å². The normalized spacial score (nSPS) is 11.2. The van der Waals surface area contributed by atoms with Gasteiger partial charge in [0.15, 0.2) is 5.16 Å². The average molecular weight is 356 g/mol. The molecule has 0 unspecified atom stereocenters. The van der Waals surface area contributed by atoms with E-state index in [9.17, 15) is 0 Å². The number of imidazole rings is 2. The van der Waals surface area contributed by atoms with E-state index >= 15 is 0 Å². The number of H-pyrrole nitrogens is 1. The minimum Gasteiger partial charge on any atom is -0.324 e. The molecule has 0 amide bonds.